The van der Waals surface area contributed by atoms with Gasteiger partial charge in [-0.15, -0.1) is 0 Å². The highest BCUT2D eigenvalue weighted by atomic mass is 32.2. The van der Waals surface area contributed by atoms with Crippen molar-refractivity contribution in [1.29, 1.82) is 0 Å². The summed E-state index contributed by atoms with van der Waals surface area (Å²) in [5, 5.41) is 0.0744. The summed E-state index contributed by atoms with van der Waals surface area (Å²) in [6.07, 6.45) is -1.07. The van der Waals surface area contributed by atoms with Crippen LogP contribution in [0.2, 0.25) is 0 Å². The Kier molecular flexibility index (Phi) is 7.28. The molecule has 9 heteroatoms. The Labute approximate surface area is 164 Å². The van der Waals surface area contributed by atoms with Crippen molar-refractivity contribution in [3.05, 3.63) is 47.3 Å². The predicted octanol–water partition coefficient (Wildman–Crippen LogP) is 2.71. The van der Waals surface area contributed by atoms with Gasteiger partial charge in [0.25, 0.3) is 0 Å². The van der Waals surface area contributed by atoms with E-state index in [1.54, 1.807) is 23.8 Å². The molecule has 0 amide bonds. The van der Waals surface area contributed by atoms with Gasteiger partial charge in [-0.3, -0.25) is 0 Å². The van der Waals surface area contributed by atoms with Crippen LogP contribution in [0.25, 0.3) is 0 Å². The summed E-state index contributed by atoms with van der Waals surface area (Å²) >= 11 is 0. The lowest BCUT2D eigenvalue weighted by atomic mass is 10.1. The number of nitrogens with zero attached hydrogens (tertiary/aromatic N) is 2. The first-order valence-corrected chi connectivity index (χ1v) is 11.0. The zero-order valence-corrected chi connectivity index (χ0v) is 17.2. The van der Waals surface area contributed by atoms with Crippen molar-refractivity contribution in [2.75, 3.05) is 12.8 Å². The van der Waals surface area contributed by atoms with Crippen molar-refractivity contribution in [2.24, 2.45) is 0 Å². The van der Waals surface area contributed by atoms with Crippen molar-refractivity contribution in [2.45, 2.75) is 57.7 Å². The first-order valence-electron chi connectivity index (χ1n) is 9.33. The minimum atomic E-state index is -4.37. The molecular formula is C19H27F3N3O2S+. The maximum absolute atomic E-state index is 12.9. The van der Waals surface area contributed by atoms with Crippen LogP contribution in [0.3, 0.4) is 0 Å². The van der Waals surface area contributed by atoms with E-state index in [9.17, 15) is 21.6 Å². The first-order chi connectivity index (χ1) is 13.1. The zero-order valence-electron chi connectivity index (χ0n) is 16.4. The number of unbranched alkanes of at least 4 members (excludes halogenated alkanes) is 1. The van der Waals surface area contributed by atoms with Crippen molar-refractivity contribution in [3.63, 3.8) is 0 Å². The van der Waals surface area contributed by atoms with E-state index < -0.39 is 21.6 Å². The third-order valence-electron chi connectivity index (χ3n) is 4.54. The number of alkyl halides is 3. The molecule has 1 aromatic carbocycles. The summed E-state index contributed by atoms with van der Waals surface area (Å²) in [5.74, 6) is -0.0253. The molecule has 0 aliphatic heterocycles. The van der Waals surface area contributed by atoms with Crippen LogP contribution in [0, 0.1) is 0 Å². The van der Waals surface area contributed by atoms with Gasteiger partial charge in [-0.05, 0) is 18.6 Å². The third-order valence-corrected chi connectivity index (χ3v) is 6.18. The number of imidazole rings is 1. The van der Waals surface area contributed by atoms with E-state index in [0.29, 0.717) is 25.2 Å². The number of halogens is 3. The third kappa shape index (κ3) is 5.57. The summed E-state index contributed by atoms with van der Waals surface area (Å²) in [6, 6.07) is 5.29. The molecule has 1 heterocycles. The SMILES string of the molecule is CCCCn1c(C[NH+](C)Cc2cccc(C(F)(F)F)c2)cnc1S(=O)(=O)CC. The first kappa shape index (κ1) is 22.4. The highest BCUT2D eigenvalue weighted by Gasteiger charge is 2.30. The molecule has 5 nitrogen and oxygen atoms in total. The second kappa shape index (κ2) is 9.09. The maximum Gasteiger partial charge on any atom is 0.416 e. The summed E-state index contributed by atoms with van der Waals surface area (Å²) in [6.45, 7) is 5.01. The number of aromatic nitrogens is 2. The smallest absolute Gasteiger partial charge is 0.329 e. The Morgan fingerprint density at radius 1 is 1.18 bits per heavy atom. The van der Waals surface area contributed by atoms with Crippen LogP contribution in [0.1, 0.15) is 43.5 Å². The summed E-state index contributed by atoms with van der Waals surface area (Å²) in [5.41, 5.74) is 0.681. The van der Waals surface area contributed by atoms with Gasteiger partial charge in [0.05, 0.1) is 30.3 Å². The van der Waals surface area contributed by atoms with Gasteiger partial charge in [0.1, 0.15) is 13.1 Å². The van der Waals surface area contributed by atoms with Gasteiger partial charge in [-0.25, -0.2) is 13.4 Å². The molecule has 28 heavy (non-hydrogen) atoms. The molecule has 0 saturated heterocycles. The van der Waals surface area contributed by atoms with Crippen LogP contribution in [0.5, 0.6) is 0 Å². The van der Waals surface area contributed by atoms with Gasteiger partial charge in [0, 0.05) is 12.1 Å². The summed E-state index contributed by atoms with van der Waals surface area (Å²) < 4.78 is 65.0. The summed E-state index contributed by atoms with van der Waals surface area (Å²) in [7, 11) is -1.57. The molecule has 2 aromatic rings. The largest absolute Gasteiger partial charge is 0.416 e. The lowest BCUT2D eigenvalue weighted by molar-refractivity contribution is -0.908. The van der Waals surface area contributed by atoms with Gasteiger partial charge in [-0.2, -0.15) is 13.2 Å². The predicted molar refractivity (Wildman–Crippen MR) is 101 cm³/mol. The van der Waals surface area contributed by atoms with Gasteiger partial charge in [0.2, 0.25) is 15.0 Å². The molecule has 0 spiro atoms. The molecule has 0 bridgehead atoms. The zero-order chi connectivity index (χ0) is 20.9. The molecule has 1 N–H and O–H groups in total. The highest BCUT2D eigenvalue weighted by Crippen LogP contribution is 2.29. The number of sulfone groups is 1. The number of benzene rings is 1. The van der Waals surface area contributed by atoms with E-state index in [0.717, 1.165) is 35.6 Å². The Bertz CT molecular complexity index is 892. The fourth-order valence-electron chi connectivity index (χ4n) is 3.04. The Morgan fingerprint density at radius 3 is 2.50 bits per heavy atom. The minimum absolute atomic E-state index is 0.0253. The molecule has 0 fully saturated rings. The molecule has 1 aromatic heterocycles. The maximum atomic E-state index is 12.9. The van der Waals surface area contributed by atoms with Crippen LogP contribution in [-0.2, 0) is 35.6 Å². The second-order valence-electron chi connectivity index (χ2n) is 6.95. The van der Waals surface area contributed by atoms with Gasteiger partial charge in [-0.1, -0.05) is 32.4 Å². The van der Waals surface area contributed by atoms with Crippen molar-refractivity contribution in [3.8, 4) is 0 Å². The van der Waals surface area contributed by atoms with Gasteiger partial charge in [0.15, 0.2) is 0 Å². The molecule has 0 radical (unpaired) electrons. The lowest BCUT2D eigenvalue weighted by Gasteiger charge is -2.17. The molecule has 1 unspecified atom stereocenters. The van der Waals surface area contributed by atoms with E-state index in [1.165, 1.54) is 6.07 Å². The Morgan fingerprint density at radius 2 is 1.89 bits per heavy atom. The lowest BCUT2D eigenvalue weighted by Crippen LogP contribution is -3.06. The van der Waals surface area contributed by atoms with Crippen LogP contribution < -0.4 is 4.90 Å². The van der Waals surface area contributed by atoms with Gasteiger partial charge < -0.3 is 9.47 Å². The van der Waals surface area contributed by atoms with Gasteiger partial charge >= 0.3 is 6.18 Å². The van der Waals surface area contributed by atoms with E-state index in [-0.39, 0.29) is 10.9 Å². The van der Waals surface area contributed by atoms with Crippen LogP contribution in [0.15, 0.2) is 35.6 Å². The number of rotatable bonds is 9. The van der Waals surface area contributed by atoms with Crippen LogP contribution >= 0.6 is 0 Å². The fourth-order valence-corrected chi connectivity index (χ4v) is 4.06. The number of nitrogens with one attached hydrogen (secondary N) is 1. The second-order valence-corrected chi connectivity index (χ2v) is 9.12. The van der Waals surface area contributed by atoms with E-state index in [4.69, 9.17) is 0 Å². The van der Waals surface area contributed by atoms with E-state index in [2.05, 4.69) is 4.98 Å². The molecule has 156 valence electrons. The number of quaternary nitrogens is 1. The van der Waals surface area contributed by atoms with Crippen molar-refractivity contribution < 1.29 is 26.5 Å². The van der Waals surface area contributed by atoms with E-state index in [1.807, 2.05) is 14.0 Å². The molecular weight excluding hydrogens is 391 g/mol. The summed E-state index contributed by atoms with van der Waals surface area (Å²) in [4.78, 5) is 5.07. The standard InChI is InChI=1S/C19H26F3N3O2S/c1-4-6-10-25-17(12-23-18(25)28(26,27)5-2)14-24(3)13-15-8-7-9-16(11-15)19(20,21)22/h7-9,11-12H,4-6,10,13-14H2,1-3H3/p+1. The normalized spacial score (nSPS) is 13.6. The Balaban J connectivity index is 2.21. The van der Waals surface area contributed by atoms with Crippen molar-refractivity contribution in [1.82, 2.24) is 9.55 Å². The molecule has 0 aliphatic rings. The van der Waals surface area contributed by atoms with Crippen molar-refractivity contribution >= 4 is 9.84 Å². The average Bonchev–Trinajstić information content (AvgIpc) is 3.02. The highest BCUT2D eigenvalue weighted by molar-refractivity contribution is 7.91. The van der Waals surface area contributed by atoms with E-state index >= 15 is 0 Å². The average molecular weight is 419 g/mol. The topological polar surface area (TPSA) is 56.4 Å². The molecule has 1 atom stereocenters. The van der Waals surface area contributed by atoms with Crippen LogP contribution in [0.4, 0.5) is 13.2 Å². The molecule has 0 saturated carbocycles. The quantitative estimate of drug-likeness (QED) is 0.681. The van der Waals surface area contributed by atoms with Crippen LogP contribution in [-0.4, -0.2) is 30.8 Å². The number of hydrogen-bond donors (Lipinski definition) is 1. The molecule has 0 aliphatic carbocycles. The molecule has 2 rings (SSSR count). The monoisotopic (exact) mass is 418 g/mol. The number of hydrogen-bond acceptors (Lipinski definition) is 3. The minimum Gasteiger partial charge on any atom is -0.329 e. The fraction of sp³-hybridized carbons (Fsp3) is 0.526. The Hall–Kier alpha value is -1.87.